The van der Waals surface area contributed by atoms with Crippen LogP contribution >= 0.6 is 0 Å². The molecular weight excluding hydrogens is 465 g/mol. The molecule has 2 N–H and O–H groups in total. The summed E-state index contributed by atoms with van der Waals surface area (Å²) in [5.41, 5.74) is 1.47. The van der Waals surface area contributed by atoms with Crippen LogP contribution < -0.4 is 10.2 Å². The van der Waals surface area contributed by atoms with Crippen molar-refractivity contribution in [2.75, 3.05) is 36.5 Å². The molecule has 0 saturated carbocycles. The third kappa shape index (κ3) is 4.77. The standard InChI is InChI=1S/C24H21F3N4O4/c25-24(26,27)17-10-19-20(11-21(17)31-4-6-34-7-5-31)28-18(12-23(33)29-19)14-2-1-3-15(8-14)22-9-16(13-32)30-35-22/h1-3,8-11,32H,4-7,12-13H2,(H,29,33). The van der Waals surface area contributed by atoms with Gasteiger partial charge in [0.05, 0.1) is 54.6 Å². The molecule has 35 heavy (non-hydrogen) atoms. The molecule has 0 spiro atoms. The minimum absolute atomic E-state index is 0.00532. The summed E-state index contributed by atoms with van der Waals surface area (Å²) in [6.07, 6.45) is -4.73. The Bertz CT molecular complexity index is 1300. The summed E-state index contributed by atoms with van der Waals surface area (Å²) in [7, 11) is 0. The zero-order valence-electron chi connectivity index (χ0n) is 18.4. The first-order valence-corrected chi connectivity index (χ1v) is 10.9. The van der Waals surface area contributed by atoms with Crippen LogP contribution in [0.25, 0.3) is 11.3 Å². The van der Waals surface area contributed by atoms with Crippen LogP contribution in [0, 0.1) is 0 Å². The van der Waals surface area contributed by atoms with Gasteiger partial charge >= 0.3 is 6.18 Å². The Kier molecular flexibility index (Phi) is 6.03. The van der Waals surface area contributed by atoms with Gasteiger partial charge < -0.3 is 24.6 Å². The van der Waals surface area contributed by atoms with E-state index < -0.39 is 17.6 Å². The minimum Gasteiger partial charge on any atom is -0.390 e. The Morgan fingerprint density at radius 3 is 2.57 bits per heavy atom. The second kappa shape index (κ2) is 9.16. The second-order valence-electron chi connectivity index (χ2n) is 8.19. The number of aliphatic hydroxyl groups is 1. The fourth-order valence-corrected chi connectivity index (χ4v) is 4.14. The van der Waals surface area contributed by atoms with Crippen LogP contribution in [0.1, 0.15) is 23.2 Å². The zero-order valence-corrected chi connectivity index (χ0v) is 18.4. The zero-order chi connectivity index (χ0) is 24.6. The summed E-state index contributed by atoms with van der Waals surface area (Å²) in [5.74, 6) is -0.0400. The van der Waals surface area contributed by atoms with Crippen LogP contribution in [-0.4, -0.2) is 48.2 Å². The van der Waals surface area contributed by atoms with Gasteiger partial charge in [0.15, 0.2) is 5.76 Å². The van der Waals surface area contributed by atoms with Gasteiger partial charge in [-0.25, -0.2) is 0 Å². The van der Waals surface area contributed by atoms with Crippen LogP contribution in [-0.2, 0) is 22.3 Å². The molecule has 0 radical (unpaired) electrons. The molecule has 182 valence electrons. The molecular formula is C24H21F3N4O4. The number of nitrogens with one attached hydrogen (secondary N) is 1. The fourth-order valence-electron chi connectivity index (χ4n) is 4.14. The van der Waals surface area contributed by atoms with Crippen molar-refractivity contribution in [2.24, 2.45) is 4.99 Å². The molecule has 2 aromatic carbocycles. The number of aliphatic imine (C=N–C) groups is 1. The Labute approximate surface area is 198 Å². The second-order valence-corrected chi connectivity index (χ2v) is 8.19. The first kappa shape index (κ1) is 23.1. The maximum absolute atomic E-state index is 13.9. The van der Waals surface area contributed by atoms with Crippen molar-refractivity contribution < 1.29 is 32.3 Å². The summed E-state index contributed by atoms with van der Waals surface area (Å²) >= 11 is 0. The van der Waals surface area contributed by atoms with Crippen molar-refractivity contribution >= 4 is 28.7 Å². The monoisotopic (exact) mass is 486 g/mol. The molecule has 2 aliphatic rings. The van der Waals surface area contributed by atoms with Gasteiger partial charge in [-0.1, -0.05) is 23.4 Å². The predicted octanol–water partition coefficient (Wildman–Crippen LogP) is 4.15. The highest BCUT2D eigenvalue weighted by Gasteiger charge is 2.37. The van der Waals surface area contributed by atoms with Crippen molar-refractivity contribution in [3.05, 3.63) is 59.3 Å². The molecule has 3 heterocycles. The average Bonchev–Trinajstić information content (AvgIpc) is 3.27. The summed E-state index contributed by atoms with van der Waals surface area (Å²) in [6.45, 7) is 1.02. The summed E-state index contributed by atoms with van der Waals surface area (Å²) in [6, 6.07) is 11.0. The number of aliphatic hydroxyl groups excluding tert-OH is 1. The molecule has 0 atom stereocenters. The Balaban J connectivity index is 1.59. The molecule has 5 rings (SSSR count). The third-order valence-electron chi connectivity index (χ3n) is 5.83. The number of alkyl halides is 3. The number of fused-ring (bicyclic) bond motifs is 1. The van der Waals surface area contributed by atoms with Crippen molar-refractivity contribution in [1.29, 1.82) is 0 Å². The fraction of sp³-hybridized carbons (Fsp3) is 0.292. The Morgan fingerprint density at radius 1 is 1.09 bits per heavy atom. The first-order chi connectivity index (χ1) is 16.8. The minimum atomic E-state index is -4.61. The smallest absolute Gasteiger partial charge is 0.390 e. The molecule has 1 aromatic heterocycles. The first-order valence-electron chi connectivity index (χ1n) is 10.9. The number of ether oxygens (including phenoxy) is 1. The summed E-state index contributed by atoms with van der Waals surface area (Å²) in [5, 5.41) is 15.6. The molecule has 3 aromatic rings. The highest BCUT2D eigenvalue weighted by molar-refractivity contribution is 6.17. The molecule has 8 nitrogen and oxygen atoms in total. The number of carbonyl (C=O) groups excluding carboxylic acids is 1. The maximum atomic E-state index is 13.9. The van der Waals surface area contributed by atoms with Gasteiger partial charge in [0.2, 0.25) is 5.91 Å². The van der Waals surface area contributed by atoms with E-state index in [9.17, 15) is 23.1 Å². The van der Waals surface area contributed by atoms with Gasteiger partial charge in [-0.3, -0.25) is 9.79 Å². The molecule has 1 fully saturated rings. The number of anilines is 2. The molecule has 1 amide bonds. The molecule has 2 aliphatic heterocycles. The number of hydrogen-bond donors (Lipinski definition) is 2. The number of benzene rings is 2. The van der Waals surface area contributed by atoms with E-state index >= 15 is 0 Å². The van der Waals surface area contributed by atoms with Gasteiger partial charge in [-0.05, 0) is 23.8 Å². The lowest BCUT2D eigenvalue weighted by Crippen LogP contribution is -2.37. The lowest BCUT2D eigenvalue weighted by molar-refractivity contribution is -0.137. The van der Waals surface area contributed by atoms with Gasteiger partial charge in [-0.15, -0.1) is 0 Å². The van der Waals surface area contributed by atoms with E-state index in [1.165, 1.54) is 6.07 Å². The van der Waals surface area contributed by atoms with E-state index in [2.05, 4.69) is 15.5 Å². The van der Waals surface area contributed by atoms with E-state index in [0.717, 1.165) is 6.07 Å². The normalized spacial score (nSPS) is 16.4. The number of aromatic nitrogens is 1. The summed E-state index contributed by atoms with van der Waals surface area (Å²) in [4.78, 5) is 18.9. The van der Waals surface area contributed by atoms with E-state index in [1.54, 1.807) is 35.2 Å². The van der Waals surface area contributed by atoms with Crippen molar-refractivity contribution in [3.63, 3.8) is 0 Å². The summed E-state index contributed by atoms with van der Waals surface area (Å²) < 4.78 is 52.3. The lowest BCUT2D eigenvalue weighted by atomic mass is 10.0. The van der Waals surface area contributed by atoms with Crippen molar-refractivity contribution in [2.45, 2.75) is 19.2 Å². The van der Waals surface area contributed by atoms with Gasteiger partial charge in [0.1, 0.15) is 5.69 Å². The number of nitrogens with zero attached hydrogens (tertiary/aromatic N) is 3. The number of hydrogen-bond acceptors (Lipinski definition) is 7. The SMILES string of the molecule is O=C1CC(c2cccc(-c3cc(CO)no3)c2)=Nc2cc(N3CCOCC3)c(C(F)(F)F)cc2N1. The van der Waals surface area contributed by atoms with Crippen LogP contribution in [0.2, 0.25) is 0 Å². The highest BCUT2D eigenvalue weighted by Crippen LogP contribution is 2.43. The lowest BCUT2D eigenvalue weighted by Gasteiger charge is -2.31. The van der Waals surface area contributed by atoms with Gasteiger partial charge in [0, 0.05) is 24.7 Å². The number of amides is 1. The van der Waals surface area contributed by atoms with Crippen molar-refractivity contribution in [1.82, 2.24) is 5.16 Å². The molecule has 1 saturated heterocycles. The number of halogens is 3. The molecule has 0 bridgehead atoms. The van der Waals surface area contributed by atoms with Crippen LogP contribution in [0.15, 0.2) is 52.0 Å². The van der Waals surface area contributed by atoms with Gasteiger partial charge in [-0.2, -0.15) is 13.2 Å². The van der Waals surface area contributed by atoms with Crippen LogP contribution in [0.3, 0.4) is 0 Å². The van der Waals surface area contributed by atoms with E-state index in [-0.39, 0.29) is 30.1 Å². The highest BCUT2D eigenvalue weighted by atomic mass is 19.4. The number of rotatable bonds is 4. The van der Waals surface area contributed by atoms with Gasteiger partial charge in [0.25, 0.3) is 0 Å². The average molecular weight is 486 g/mol. The third-order valence-corrected chi connectivity index (χ3v) is 5.83. The Morgan fingerprint density at radius 2 is 1.86 bits per heavy atom. The molecule has 0 aliphatic carbocycles. The van der Waals surface area contributed by atoms with Crippen LogP contribution in [0.4, 0.5) is 30.2 Å². The van der Waals surface area contributed by atoms with E-state index in [0.29, 0.717) is 54.6 Å². The Hall–Kier alpha value is -3.70. The largest absolute Gasteiger partial charge is 0.418 e. The van der Waals surface area contributed by atoms with E-state index in [1.807, 2.05) is 0 Å². The van der Waals surface area contributed by atoms with Crippen molar-refractivity contribution in [3.8, 4) is 11.3 Å². The topological polar surface area (TPSA) is 100 Å². The quantitative estimate of drug-likeness (QED) is 0.575. The number of carbonyl (C=O) groups is 1. The van der Waals surface area contributed by atoms with E-state index in [4.69, 9.17) is 9.26 Å². The predicted molar refractivity (Wildman–Crippen MR) is 122 cm³/mol. The molecule has 11 heteroatoms. The van der Waals surface area contributed by atoms with Crippen LogP contribution in [0.5, 0.6) is 0 Å². The number of morpholine rings is 1. The maximum Gasteiger partial charge on any atom is 0.418 e. The molecule has 0 unspecified atom stereocenters.